The van der Waals surface area contributed by atoms with Crippen LogP contribution >= 0.6 is 0 Å². The summed E-state index contributed by atoms with van der Waals surface area (Å²) >= 11 is 0. The number of rotatable bonds is 5. The number of halogens is 2. The van der Waals surface area contributed by atoms with E-state index in [4.69, 9.17) is 4.74 Å². The van der Waals surface area contributed by atoms with Crippen LogP contribution in [-0.2, 0) is 17.8 Å². The molecule has 1 atom stereocenters. The van der Waals surface area contributed by atoms with Crippen molar-refractivity contribution in [2.45, 2.75) is 25.4 Å². The zero-order chi connectivity index (χ0) is 26.4. The maximum Gasteiger partial charge on any atom is 0.272 e. The zero-order valence-corrected chi connectivity index (χ0v) is 19.7. The third kappa shape index (κ3) is 4.19. The summed E-state index contributed by atoms with van der Waals surface area (Å²) in [4.78, 5) is 48.7. The average molecular weight is 518 g/mol. The molecule has 6 rings (SSSR count). The van der Waals surface area contributed by atoms with Gasteiger partial charge in [0.15, 0.2) is 23.9 Å². The number of nitrogens with one attached hydrogen (secondary N) is 4. The van der Waals surface area contributed by atoms with E-state index in [9.17, 15) is 23.2 Å². The highest BCUT2D eigenvalue weighted by molar-refractivity contribution is 6.10. The summed E-state index contributed by atoms with van der Waals surface area (Å²) in [7, 11) is 0. The minimum atomic E-state index is -0.964. The number of anilines is 1. The van der Waals surface area contributed by atoms with Gasteiger partial charge in [-0.1, -0.05) is 6.07 Å². The van der Waals surface area contributed by atoms with Crippen molar-refractivity contribution >= 4 is 34.4 Å². The van der Waals surface area contributed by atoms with Crippen molar-refractivity contribution in [2.24, 2.45) is 0 Å². The molecular formula is C26H20F2N6O4. The van der Waals surface area contributed by atoms with Gasteiger partial charge in [0.25, 0.3) is 17.7 Å². The van der Waals surface area contributed by atoms with Gasteiger partial charge in [-0.2, -0.15) is 0 Å². The third-order valence-corrected chi connectivity index (χ3v) is 6.62. The van der Waals surface area contributed by atoms with Gasteiger partial charge in [0.05, 0.1) is 22.8 Å². The second-order valence-corrected chi connectivity index (χ2v) is 9.03. The Labute approximate surface area is 213 Å². The number of carbonyl (C=O) groups is 3. The molecule has 0 saturated heterocycles. The quantitative estimate of drug-likeness (QED) is 0.321. The van der Waals surface area contributed by atoms with Gasteiger partial charge >= 0.3 is 0 Å². The van der Waals surface area contributed by atoms with Crippen LogP contribution in [0.15, 0.2) is 42.9 Å². The summed E-state index contributed by atoms with van der Waals surface area (Å²) in [6.07, 6.45) is 3.64. The predicted octanol–water partition coefficient (Wildman–Crippen LogP) is 2.91. The van der Waals surface area contributed by atoms with Crippen LogP contribution in [0.2, 0.25) is 0 Å². The van der Waals surface area contributed by atoms with Crippen molar-refractivity contribution in [1.29, 1.82) is 0 Å². The maximum absolute atomic E-state index is 13.8. The summed E-state index contributed by atoms with van der Waals surface area (Å²) in [5, 5.41) is 8.34. The van der Waals surface area contributed by atoms with Crippen molar-refractivity contribution in [2.75, 3.05) is 11.9 Å². The van der Waals surface area contributed by atoms with Gasteiger partial charge in [-0.3, -0.25) is 14.4 Å². The molecule has 0 spiro atoms. The molecule has 2 aromatic heterocycles. The fourth-order valence-electron chi connectivity index (χ4n) is 4.78. The van der Waals surface area contributed by atoms with Crippen molar-refractivity contribution in [3.63, 3.8) is 0 Å². The Morgan fingerprint density at radius 1 is 1.11 bits per heavy atom. The van der Waals surface area contributed by atoms with Crippen LogP contribution in [0.1, 0.15) is 50.0 Å². The van der Waals surface area contributed by atoms with Crippen molar-refractivity contribution in [1.82, 2.24) is 25.6 Å². The number of ether oxygens (including phenoxy) is 1. The lowest BCUT2D eigenvalue weighted by molar-refractivity contribution is -0.118. The molecule has 0 unspecified atom stereocenters. The van der Waals surface area contributed by atoms with Gasteiger partial charge in [-0.25, -0.2) is 18.7 Å². The second-order valence-electron chi connectivity index (χ2n) is 9.03. The SMILES string of the molecule is O=C1COc2ccc(CNC(=O)c3ncnc4c(C(=O)N[C@H]5CCc6cc(F)c(F)cc65)c[nH]c34)cc2N1. The number of aromatic amines is 1. The molecule has 0 fully saturated rings. The third-order valence-electron chi connectivity index (χ3n) is 6.62. The van der Waals surface area contributed by atoms with Gasteiger partial charge in [0.1, 0.15) is 17.6 Å². The van der Waals surface area contributed by atoms with Crippen LogP contribution < -0.4 is 20.7 Å². The van der Waals surface area contributed by atoms with E-state index in [0.717, 1.165) is 17.7 Å². The van der Waals surface area contributed by atoms with Gasteiger partial charge in [0.2, 0.25) is 0 Å². The molecule has 4 N–H and O–H groups in total. The lowest BCUT2D eigenvalue weighted by atomic mass is 10.1. The zero-order valence-electron chi connectivity index (χ0n) is 19.7. The number of aryl methyl sites for hydroxylation is 1. The molecule has 192 valence electrons. The minimum Gasteiger partial charge on any atom is -0.482 e. The van der Waals surface area contributed by atoms with Gasteiger partial charge < -0.3 is 25.7 Å². The largest absolute Gasteiger partial charge is 0.482 e. The summed E-state index contributed by atoms with van der Waals surface area (Å²) in [6.45, 7) is 0.106. The predicted molar refractivity (Wildman–Crippen MR) is 131 cm³/mol. The lowest BCUT2D eigenvalue weighted by Crippen LogP contribution is -2.27. The van der Waals surface area contributed by atoms with Gasteiger partial charge in [-0.05, 0) is 53.8 Å². The first-order chi connectivity index (χ1) is 18.4. The molecule has 12 heteroatoms. The van der Waals surface area contributed by atoms with E-state index in [-0.39, 0.29) is 41.3 Å². The Balaban J connectivity index is 1.18. The Morgan fingerprint density at radius 3 is 2.82 bits per heavy atom. The summed E-state index contributed by atoms with van der Waals surface area (Å²) in [5.41, 5.74) is 3.22. The Bertz CT molecular complexity index is 1640. The number of fused-ring (bicyclic) bond motifs is 3. The molecule has 2 aliphatic rings. The van der Waals surface area contributed by atoms with Crippen LogP contribution in [0.4, 0.5) is 14.5 Å². The molecule has 1 aliphatic carbocycles. The molecular weight excluding hydrogens is 498 g/mol. The first-order valence-electron chi connectivity index (χ1n) is 11.8. The normalized spacial score (nSPS) is 15.8. The van der Waals surface area contributed by atoms with E-state index in [2.05, 4.69) is 30.9 Å². The first kappa shape index (κ1) is 23.5. The standard InChI is InChI=1S/C26H20F2N6O4/c27-16-6-13-2-3-18(14(13)7-17(16)28)34-25(36)15-9-29-23-22(15)31-11-32-24(23)26(37)30-8-12-1-4-20-19(5-12)33-21(35)10-38-20/h1,4-7,9,11,18,29H,2-3,8,10H2,(H,30,37)(H,33,35)(H,34,36)/t18-/m0/s1. The first-order valence-corrected chi connectivity index (χ1v) is 11.8. The van der Waals surface area contributed by atoms with Crippen LogP contribution in [0, 0.1) is 11.6 Å². The van der Waals surface area contributed by atoms with Crippen molar-refractivity contribution in [3.8, 4) is 5.75 Å². The fourth-order valence-corrected chi connectivity index (χ4v) is 4.78. The van der Waals surface area contributed by atoms with Crippen molar-refractivity contribution in [3.05, 3.63) is 82.4 Å². The van der Waals surface area contributed by atoms with E-state index in [1.165, 1.54) is 12.5 Å². The number of hydrogen-bond acceptors (Lipinski definition) is 6. The summed E-state index contributed by atoms with van der Waals surface area (Å²) in [6, 6.07) is 6.99. The number of nitrogens with zero attached hydrogens (tertiary/aromatic N) is 2. The van der Waals surface area contributed by atoms with Crippen molar-refractivity contribution < 1.29 is 27.9 Å². The molecule has 2 aromatic carbocycles. The minimum absolute atomic E-state index is 0.0462. The molecule has 0 saturated carbocycles. The number of H-pyrrole nitrogens is 1. The van der Waals surface area contributed by atoms with E-state index >= 15 is 0 Å². The molecule has 3 amide bonds. The number of amides is 3. The number of benzene rings is 2. The van der Waals surface area contributed by atoms with E-state index in [1.54, 1.807) is 18.2 Å². The highest BCUT2D eigenvalue weighted by Gasteiger charge is 2.28. The second kappa shape index (κ2) is 9.21. The molecule has 0 bridgehead atoms. The monoisotopic (exact) mass is 518 g/mol. The smallest absolute Gasteiger partial charge is 0.272 e. The molecule has 10 nitrogen and oxygen atoms in total. The maximum atomic E-state index is 13.8. The highest BCUT2D eigenvalue weighted by atomic mass is 19.2. The number of hydrogen-bond donors (Lipinski definition) is 4. The molecule has 3 heterocycles. The van der Waals surface area contributed by atoms with Crippen LogP contribution in [0.25, 0.3) is 11.0 Å². The van der Waals surface area contributed by atoms with Gasteiger partial charge in [-0.15, -0.1) is 0 Å². The summed E-state index contributed by atoms with van der Waals surface area (Å²) in [5.74, 6) is -2.55. The Hall–Kier alpha value is -4.87. The number of aromatic nitrogens is 3. The average Bonchev–Trinajstić information content (AvgIpc) is 3.51. The number of carbonyl (C=O) groups excluding carboxylic acids is 3. The molecule has 4 aromatic rings. The van der Waals surface area contributed by atoms with E-state index in [1.807, 2.05) is 0 Å². The Morgan fingerprint density at radius 2 is 1.95 bits per heavy atom. The van der Waals surface area contributed by atoms with Crippen LogP contribution in [0.3, 0.4) is 0 Å². The van der Waals surface area contributed by atoms with Crippen LogP contribution in [0.5, 0.6) is 5.75 Å². The Kier molecular flexibility index (Phi) is 5.70. The summed E-state index contributed by atoms with van der Waals surface area (Å²) < 4.78 is 32.7. The topological polar surface area (TPSA) is 138 Å². The fraction of sp³-hybridized carbons (Fsp3) is 0.192. The molecule has 0 radical (unpaired) electrons. The molecule has 38 heavy (non-hydrogen) atoms. The molecule has 1 aliphatic heterocycles. The van der Waals surface area contributed by atoms with Gasteiger partial charge in [0, 0.05) is 12.7 Å². The van der Waals surface area contributed by atoms with E-state index < -0.39 is 29.5 Å². The highest BCUT2D eigenvalue weighted by Crippen LogP contribution is 2.33. The van der Waals surface area contributed by atoms with Crippen LogP contribution in [-0.4, -0.2) is 39.3 Å². The van der Waals surface area contributed by atoms with E-state index in [0.29, 0.717) is 35.4 Å². The lowest BCUT2D eigenvalue weighted by Gasteiger charge is -2.18.